The van der Waals surface area contributed by atoms with Crippen molar-refractivity contribution in [1.29, 1.82) is 0 Å². The molecule has 0 aromatic heterocycles. The van der Waals surface area contributed by atoms with Crippen LogP contribution in [0.5, 0.6) is 0 Å². The van der Waals surface area contributed by atoms with Crippen molar-refractivity contribution in [2.24, 2.45) is 5.92 Å². The monoisotopic (exact) mass is 330 g/mol. The summed E-state index contributed by atoms with van der Waals surface area (Å²) in [5, 5.41) is 16.7. The molecule has 0 bridgehead atoms. The Morgan fingerprint density at radius 1 is 1.29 bits per heavy atom. The summed E-state index contributed by atoms with van der Waals surface area (Å²) in [6, 6.07) is 4.45. The van der Waals surface area contributed by atoms with Gasteiger partial charge in [0.1, 0.15) is 0 Å². The summed E-state index contributed by atoms with van der Waals surface area (Å²) in [5.74, 6) is 0.646. The second-order valence-corrected chi connectivity index (χ2v) is 6.75. The van der Waals surface area contributed by atoms with Crippen LogP contribution in [0.15, 0.2) is 18.2 Å². The molecule has 2 rings (SSSR count). The molecule has 2 amide bonds. The van der Waals surface area contributed by atoms with E-state index < -0.39 is 5.60 Å². The van der Waals surface area contributed by atoms with Gasteiger partial charge in [0.2, 0.25) is 0 Å². The Kier molecular flexibility index (Phi) is 5.36. The number of amides is 2. The molecule has 0 unspecified atom stereocenters. The molecule has 0 heterocycles. The minimum absolute atomic E-state index is 0.250. The summed E-state index contributed by atoms with van der Waals surface area (Å²) < 4.78 is 0. The van der Waals surface area contributed by atoms with Crippen LogP contribution in [-0.2, 0) is 0 Å². The molecule has 4 nitrogen and oxygen atoms in total. The quantitative estimate of drug-likeness (QED) is 0.782. The van der Waals surface area contributed by atoms with Gasteiger partial charge in [-0.05, 0) is 49.8 Å². The molecule has 116 valence electrons. The molecular weight excluding hydrogens is 311 g/mol. The first-order chi connectivity index (χ1) is 9.86. The predicted octanol–water partition coefficient (Wildman–Crippen LogP) is 4.06. The highest BCUT2D eigenvalue weighted by molar-refractivity contribution is 6.35. The zero-order chi connectivity index (χ0) is 15.5. The van der Waals surface area contributed by atoms with E-state index in [4.69, 9.17) is 23.2 Å². The van der Waals surface area contributed by atoms with Crippen molar-refractivity contribution in [3.05, 3.63) is 28.2 Å². The summed E-state index contributed by atoms with van der Waals surface area (Å²) in [6.45, 7) is 2.43. The van der Waals surface area contributed by atoms with Crippen molar-refractivity contribution in [1.82, 2.24) is 5.32 Å². The SMILES string of the molecule is CC1CCC(O)(CNC(=O)Nc2cc(Cl)cc(Cl)c2)CC1. The minimum Gasteiger partial charge on any atom is -0.388 e. The van der Waals surface area contributed by atoms with Gasteiger partial charge in [-0.1, -0.05) is 30.1 Å². The average molecular weight is 331 g/mol. The lowest BCUT2D eigenvalue weighted by Gasteiger charge is -2.34. The fraction of sp³-hybridized carbons (Fsp3) is 0.533. The Hall–Kier alpha value is -0.970. The van der Waals surface area contributed by atoms with E-state index in [-0.39, 0.29) is 12.6 Å². The lowest BCUT2D eigenvalue weighted by atomic mass is 9.79. The highest BCUT2D eigenvalue weighted by Crippen LogP contribution is 2.31. The Morgan fingerprint density at radius 3 is 2.43 bits per heavy atom. The number of carbonyl (C=O) groups excluding carboxylic acids is 1. The molecule has 1 saturated carbocycles. The Balaban J connectivity index is 1.84. The third-order valence-electron chi connectivity index (χ3n) is 3.90. The number of hydrogen-bond donors (Lipinski definition) is 3. The van der Waals surface area contributed by atoms with Gasteiger partial charge < -0.3 is 15.7 Å². The number of carbonyl (C=O) groups is 1. The van der Waals surface area contributed by atoms with Crippen molar-refractivity contribution in [3.8, 4) is 0 Å². The van der Waals surface area contributed by atoms with Crippen LogP contribution in [-0.4, -0.2) is 23.3 Å². The highest BCUT2D eigenvalue weighted by Gasteiger charge is 2.31. The van der Waals surface area contributed by atoms with Crippen LogP contribution in [0.4, 0.5) is 10.5 Å². The normalized spacial score (nSPS) is 25.4. The lowest BCUT2D eigenvalue weighted by molar-refractivity contribution is -0.00356. The van der Waals surface area contributed by atoms with E-state index in [1.165, 1.54) is 0 Å². The first kappa shape index (κ1) is 16.4. The number of nitrogens with one attached hydrogen (secondary N) is 2. The third-order valence-corrected chi connectivity index (χ3v) is 4.34. The fourth-order valence-electron chi connectivity index (χ4n) is 2.52. The number of urea groups is 1. The van der Waals surface area contributed by atoms with Gasteiger partial charge in [-0.2, -0.15) is 0 Å². The van der Waals surface area contributed by atoms with Gasteiger partial charge in [-0.15, -0.1) is 0 Å². The van der Waals surface area contributed by atoms with Crippen molar-refractivity contribution in [2.75, 3.05) is 11.9 Å². The number of benzene rings is 1. The fourth-order valence-corrected chi connectivity index (χ4v) is 3.05. The van der Waals surface area contributed by atoms with E-state index in [0.717, 1.165) is 25.7 Å². The topological polar surface area (TPSA) is 61.4 Å². The Morgan fingerprint density at radius 2 is 1.86 bits per heavy atom. The molecule has 0 spiro atoms. The number of hydrogen-bond acceptors (Lipinski definition) is 2. The van der Waals surface area contributed by atoms with Crippen molar-refractivity contribution in [3.63, 3.8) is 0 Å². The molecule has 0 aliphatic heterocycles. The van der Waals surface area contributed by atoms with Gasteiger partial charge in [-0.25, -0.2) is 4.79 Å². The van der Waals surface area contributed by atoms with Crippen LogP contribution in [0.2, 0.25) is 10.0 Å². The second kappa shape index (κ2) is 6.86. The van der Waals surface area contributed by atoms with Crippen LogP contribution in [0, 0.1) is 5.92 Å². The first-order valence-corrected chi connectivity index (χ1v) is 7.85. The number of anilines is 1. The minimum atomic E-state index is -0.796. The summed E-state index contributed by atoms with van der Waals surface area (Å²) in [5.41, 5.74) is -0.273. The summed E-state index contributed by atoms with van der Waals surface area (Å²) in [7, 11) is 0. The number of halogens is 2. The molecule has 1 aromatic carbocycles. The zero-order valence-corrected chi connectivity index (χ0v) is 13.5. The number of rotatable bonds is 3. The molecule has 21 heavy (non-hydrogen) atoms. The van der Waals surface area contributed by atoms with Gasteiger partial charge >= 0.3 is 6.03 Å². The Bertz CT molecular complexity index is 494. The maximum absolute atomic E-state index is 11.9. The van der Waals surface area contributed by atoms with E-state index in [2.05, 4.69) is 17.6 Å². The van der Waals surface area contributed by atoms with Crippen molar-refractivity contribution in [2.45, 2.75) is 38.2 Å². The second-order valence-electron chi connectivity index (χ2n) is 5.87. The van der Waals surface area contributed by atoms with Gasteiger partial charge in [0, 0.05) is 22.3 Å². The van der Waals surface area contributed by atoms with Gasteiger partial charge in [-0.3, -0.25) is 0 Å². The molecule has 3 N–H and O–H groups in total. The van der Waals surface area contributed by atoms with Crippen LogP contribution in [0.1, 0.15) is 32.6 Å². The van der Waals surface area contributed by atoms with Gasteiger partial charge in [0.05, 0.1) is 5.60 Å². The van der Waals surface area contributed by atoms with E-state index in [9.17, 15) is 9.90 Å². The van der Waals surface area contributed by atoms with Crippen LogP contribution < -0.4 is 10.6 Å². The third kappa shape index (κ3) is 5.06. The molecule has 1 aliphatic carbocycles. The molecule has 0 atom stereocenters. The lowest BCUT2D eigenvalue weighted by Crippen LogP contribution is -2.46. The van der Waals surface area contributed by atoms with Gasteiger partial charge in [0.25, 0.3) is 0 Å². The molecule has 1 fully saturated rings. The van der Waals surface area contributed by atoms with E-state index >= 15 is 0 Å². The molecule has 1 aliphatic rings. The van der Waals surface area contributed by atoms with Crippen molar-refractivity contribution >= 4 is 34.9 Å². The van der Waals surface area contributed by atoms with E-state index in [1.54, 1.807) is 18.2 Å². The van der Waals surface area contributed by atoms with Crippen molar-refractivity contribution < 1.29 is 9.90 Å². The molecular formula is C15H20Cl2N2O2. The highest BCUT2D eigenvalue weighted by atomic mass is 35.5. The smallest absolute Gasteiger partial charge is 0.319 e. The molecule has 1 aromatic rings. The van der Waals surface area contributed by atoms with Gasteiger partial charge in [0.15, 0.2) is 0 Å². The maximum Gasteiger partial charge on any atom is 0.319 e. The zero-order valence-electron chi connectivity index (χ0n) is 12.0. The van der Waals surface area contributed by atoms with E-state index in [1.807, 2.05) is 0 Å². The Labute approximate surface area is 134 Å². The molecule has 0 saturated heterocycles. The summed E-state index contributed by atoms with van der Waals surface area (Å²) in [6.07, 6.45) is 3.42. The van der Waals surface area contributed by atoms with E-state index in [0.29, 0.717) is 21.7 Å². The standard InChI is InChI=1S/C15H20Cl2N2O2/c1-10-2-4-15(21,5-3-10)9-18-14(20)19-13-7-11(16)6-12(17)8-13/h6-8,10,21H,2-5,9H2,1H3,(H2,18,19,20). The average Bonchev–Trinajstić information content (AvgIpc) is 2.39. The first-order valence-electron chi connectivity index (χ1n) is 7.10. The number of aliphatic hydroxyl groups is 1. The van der Waals surface area contributed by atoms with Crippen LogP contribution in [0.25, 0.3) is 0 Å². The molecule has 6 heteroatoms. The molecule has 0 radical (unpaired) electrons. The predicted molar refractivity (Wildman–Crippen MR) is 86.1 cm³/mol. The summed E-state index contributed by atoms with van der Waals surface area (Å²) >= 11 is 11.7. The van der Waals surface area contributed by atoms with Crippen LogP contribution >= 0.6 is 23.2 Å². The largest absolute Gasteiger partial charge is 0.388 e. The summed E-state index contributed by atoms with van der Waals surface area (Å²) in [4.78, 5) is 11.9. The maximum atomic E-state index is 11.9. The van der Waals surface area contributed by atoms with Crippen LogP contribution in [0.3, 0.4) is 0 Å².